The van der Waals surface area contributed by atoms with Crippen molar-refractivity contribution in [1.29, 1.82) is 0 Å². The van der Waals surface area contributed by atoms with Crippen LogP contribution in [0.4, 0.5) is 0 Å². The molecule has 130 valence electrons. The van der Waals surface area contributed by atoms with Crippen LogP contribution in [-0.4, -0.2) is 25.7 Å². The molecule has 0 saturated heterocycles. The number of nitrogens with zero attached hydrogens (tertiary/aromatic N) is 1. The Balaban J connectivity index is 0.00000264. The minimum absolute atomic E-state index is 0. The zero-order valence-electron chi connectivity index (χ0n) is 14.5. The number of aliphatic imine (C=N–C) groups is 1. The highest BCUT2D eigenvalue weighted by molar-refractivity contribution is 14.0. The number of hydrogen-bond donors (Lipinski definition) is 2. The van der Waals surface area contributed by atoms with Crippen molar-refractivity contribution in [1.82, 2.24) is 10.6 Å². The van der Waals surface area contributed by atoms with E-state index in [0.29, 0.717) is 12.6 Å². The van der Waals surface area contributed by atoms with Gasteiger partial charge in [0.15, 0.2) is 5.96 Å². The molecule has 2 rings (SSSR count). The zero-order chi connectivity index (χ0) is 15.8. The molecule has 0 atom stereocenters. The van der Waals surface area contributed by atoms with Crippen molar-refractivity contribution >= 4 is 29.9 Å². The van der Waals surface area contributed by atoms with E-state index in [1.54, 1.807) is 0 Å². The van der Waals surface area contributed by atoms with Gasteiger partial charge in [0.25, 0.3) is 0 Å². The zero-order valence-corrected chi connectivity index (χ0v) is 16.8. The number of benzene rings is 1. The Labute approximate surface area is 157 Å². The lowest BCUT2D eigenvalue weighted by Crippen LogP contribution is -2.44. The quantitative estimate of drug-likeness (QED) is 0.422. The summed E-state index contributed by atoms with van der Waals surface area (Å²) in [5.74, 6) is 2.68. The topological polar surface area (TPSA) is 45.6 Å². The van der Waals surface area contributed by atoms with Gasteiger partial charge in [0.05, 0.1) is 6.61 Å². The Hall–Kier alpha value is -0.980. The van der Waals surface area contributed by atoms with Crippen LogP contribution in [0.5, 0.6) is 5.75 Å². The predicted molar refractivity (Wildman–Crippen MR) is 108 cm³/mol. The molecule has 2 N–H and O–H groups in total. The fourth-order valence-corrected chi connectivity index (χ4v) is 2.89. The smallest absolute Gasteiger partial charge is 0.191 e. The predicted octanol–water partition coefficient (Wildman–Crippen LogP) is 3.95. The Bertz CT molecular complexity index is 485. The number of ether oxygens (including phenoxy) is 1. The molecule has 0 aliphatic heterocycles. The molecule has 1 aromatic carbocycles. The van der Waals surface area contributed by atoms with Crippen LogP contribution in [0.3, 0.4) is 0 Å². The van der Waals surface area contributed by atoms with Crippen LogP contribution in [0.15, 0.2) is 29.3 Å². The maximum absolute atomic E-state index is 5.54. The first-order chi connectivity index (χ1) is 10.7. The molecule has 0 amide bonds. The number of guanidine groups is 1. The highest BCUT2D eigenvalue weighted by Crippen LogP contribution is 2.23. The molecule has 1 fully saturated rings. The standard InChI is InChI=1S/C18H29N3O.HI/c1-4-22-17-7-5-6-15(12-17)13-20-18(19-3)21-16-10-8-14(2)9-11-16;/h5-7,12,14,16H,4,8-11,13H2,1-3H3,(H2,19,20,21);1H. The van der Waals surface area contributed by atoms with Crippen molar-refractivity contribution in [2.45, 2.75) is 52.1 Å². The number of nitrogens with one attached hydrogen (secondary N) is 2. The molecule has 1 aromatic rings. The van der Waals surface area contributed by atoms with Crippen LogP contribution in [0, 0.1) is 5.92 Å². The first-order valence-electron chi connectivity index (χ1n) is 8.40. The minimum atomic E-state index is 0. The molecule has 0 unspecified atom stereocenters. The van der Waals surface area contributed by atoms with Crippen molar-refractivity contribution in [3.05, 3.63) is 29.8 Å². The summed E-state index contributed by atoms with van der Waals surface area (Å²) >= 11 is 0. The normalized spacial score (nSPS) is 21.3. The van der Waals surface area contributed by atoms with E-state index in [1.807, 2.05) is 26.1 Å². The Kier molecular flexibility index (Phi) is 9.36. The first-order valence-corrected chi connectivity index (χ1v) is 8.40. The lowest BCUT2D eigenvalue weighted by Gasteiger charge is -2.28. The lowest BCUT2D eigenvalue weighted by molar-refractivity contribution is 0.329. The van der Waals surface area contributed by atoms with Gasteiger partial charge < -0.3 is 15.4 Å². The molecular weight excluding hydrogens is 401 g/mol. The maximum Gasteiger partial charge on any atom is 0.191 e. The summed E-state index contributed by atoms with van der Waals surface area (Å²) in [6, 6.07) is 8.75. The second-order valence-corrected chi connectivity index (χ2v) is 6.11. The summed E-state index contributed by atoms with van der Waals surface area (Å²) in [6.45, 7) is 5.79. The molecule has 1 aliphatic carbocycles. The van der Waals surface area contributed by atoms with Crippen LogP contribution in [0.25, 0.3) is 0 Å². The van der Waals surface area contributed by atoms with E-state index in [1.165, 1.54) is 31.2 Å². The molecule has 0 spiro atoms. The average molecular weight is 431 g/mol. The van der Waals surface area contributed by atoms with Crippen molar-refractivity contribution in [3.8, 4) is 5.75 Å². The largest absolute Gasteiger partial charge is 0.494 e. The monoisotopic (exact) mass is 431 g/mol. The second kappa shape index (κ2) is 10.7. The van der Waals surface area contributed by atoms with E-state index in [2.05, 4.69) is 34.7 Å². The Morgan fingerprint density at radius 1 is 1.26 bits per heavy atom. The molecule has 1 saturated carbocycles. The van der Waals surface area contributed by atoms with Crippen molar-refractivity contribution in [3.63, 3.8) is 0 Å². The van der Waals surface area contributed by atoms with Gasteiger partial charge in [-0.15, -0.1) is 24.0 Å². The summed E-state index contributed by atoms with van der Waals surface area (Å²) in [6.07, 6.45) is 5.10. The average Bonchev–Trinajstić information content (AvgIpc) is 2.54. The summed E-state index contributed by atoms with van der Waals surface area (Å²) < 4.78 is 5.54. The molecule has 23 heavy (non-hydrogen) atoms. The second-order valence-electron chi connectivity index (χ2n) is 6.11. The summed E-state index contributed by atoms with van der Waals surface area (Å²) in [4.78, 5) is 4.34. The fourth-order valence-electron chi connectivity index (χ4n) is 2.89. The third-order valence-corrected chi connectivity index (χ3v) is 4.25. The van der Waals surface area contributed by atoms with Crippen molar-refractivity contribution < 1.29 is 4.74 Å². The molecule has 5 heteroatoms. The van der Waals surface area contributed by atoms with Crippen LogP contribution >= 0.6 is 24.0 Å². The first kappa shape index (κ1) is 20.1. The summed E-state index contributed by atoms with van der Waals surface area (Å²) in [5.41, 5.74) is 1.20. The Morgan fingerprint density at radius 3 is 2.65 bits per heavy atom. The SMILES string of the molecule is CCOc1cccc(CNC(=NC)NC2CCC(C)CC2)c1.I. The molecule has 0 heterocycles. The molecule has 0 aromatic heterocycles. The van der Waals surface area contributed by atoms with E-state index in [4.69, 9.17) is 4.74 Å². The highest BCUT2D eigenvalue weighted by Gasteiger charge is 2.18. The van der Waals surface area contributed by atoms with Crippen LogP contribution in [0.2, 0.25) is 0 Å². The van der Waals surface area contributed by atoms with Crippen molar-refractivity contribution in [2.24, 2.45) is 10.9 Å². The van der Waals surface area contributed by atoms with Gasteiger partial charge in [-0.1, -0.05) is 19.1 Å². The third kappa shape index (κ3) is 6.97. The van der Waals surface area contributed by atoms with E-state index in [-0.39, 0.29) is 24.0 Å². The maximum atomic E-state index is 5.54. The van der Waals surface area contributed by atoms with Crippen molar-refractivity contribution in [2.75, 3.05) is 13.7 Å². The van der Waals surface area contributed by atoms with Gasteiger partial charge in [-0.2, -0.15) is 0 Å². The molecule has 4 nitrogen and oxygen atoms in total. The molecule has 0 radical (unpaired) electrons. The summed E-state index contributed by atoms with van der Waals surface area (Å²) in [7, 11) is 1.83. The van der Waals surface area contributed by atoms with Crippen LogP contribution in [-0.2, 0) is 6.54 Å². The molecule has 0 bridgehead atoms. The van der Waals surface area contributed by atoms with E-state index in [9.17, 15) is 0 Å². The molecule has 1 aliphatic rings. The van der Waals surface area contributed by atoms with Gasteiger partial charge in [-0.3, -0.25) is 4.99 Å². The number of rotatable bonds is 5. The lowest BCUT2D eigenvalue weighted by atomic mass is 9.87. The van der Waals surface area contributed by atoms with E-state index in [0.717, 1.165) is 24.2 Å². The van der Waals surface area contributed by atoms with Crippen LogP contribution < -0.4 is 15.4 Å². The van der Waals surface area contributed by atoms with Gasteiger partial charge in [-0.25, -0.2) is 0 Å². The fraction of sp³-hybridized carbons (Fsp3) is 0.611. The van der Waals surface area contributed by atoms with Gasteiger partial charge in [-0.05, 0) is 56.2 Å². The van der Waals surface area contributed by atoms with Gasteiger partial charge >= 0.3 is 0 Å². The molecular formula is C18H30IN3O. The third-order valence-electron chi connectivity index (χ3n) is 4.25. The number of halogens is 1. The van der Waals surface area contributed by atoms with Gasteiger partial charge in [0.2, 0.25) is 0 Å². The van der Waals surface area contributed by atoms with E-state index >= 15 is 0 Å². The van der Waals surface area contributed by atoms with Gasteiger partial charge in [0, 0.05) is 19.6 Å². The highest BCUT2D eigenvalue weighted by atomic mass is 127. The minimum Gasteiger partial charge on any atom is -0.494 e. The Morgan fingerprint density at radius 2 is 2.00 bits per heavy atom. The van der Waals surface area contributed by atoms with E-state index < -0.39 is 0 Å². The number of hydrogen-bond acceptors (Lipinski definition) is 2. The van der Waals surface area contributed by atoms with Crippen LogP contribution in [0.1, 0.15) is 45.1 Å². The van der Waals surface area contributed by atoms with Gasteiger partial charge in [0.1, 0.15) is 5.75 Å². The summed E-state index contributed by atoms with van der Waals surface area (Å²) in [5, 5.41) is 6.94.